The van der Waals surface area contributed by atoms with E-state index in [9.17, 15) is 16.8 Å². The van der Waals surface area contributed by atoms with Crippen LogP contribution in [-0.2, 0) is 20.0 Å². The monoisotopic (exact) mass is 513 g/mol. The summed E-state index contributed by atoms with van der Waals surface area (Å²) in [6, 6.07) is 3.42. The van der Waals surface area contributed by atoms with E-state index in [0.717, 1.165) is 28.6 Å². The molecular formula is C20H24BrN3O4S2. The summed E-state index contributed by atoms with van der Waals surface area (Å²) in [5.41, 5.74) is 1.10. The summed E-state index contributed by atoms with van der Waals surface area (Å²) >= 11 is 3.42. The predicted molar refractivity (Wildman–Crippen MR) is 121 cm³/mol. The van der Waals surface area contributed by atoms with Gasteiger partial charge in [-0.2, -0.15) is 0 Å². The van der Waals surface area contributed by atoms with Gasteiger partial charge in [0.25, 0.3) is 0 Å². The molecule has 162 valence electrons. The number of sulfonamides is 1. The zero-order chi connectivity index (χ0) is 21.7. The number of hydrogen-bond acceptors (Lipinski definition) is 5. The van der Waals surface area contributed by atoms with Crippen molar-refractivity contribution in [1.29, 1.82) is 0 Å². The molecule has 0 spiro atoms. The number of pyridine rings is 1. The lowest BCUT2D eigenvalue weighted by atomic mass is 9.97. The second-order valence-corrected chi connectivity index (χ2v) is 13.1. The van der Waals surface area contributed by atoms with Crippen LogP contribution in [0.25, 0.3) is 10.9 Å². The molecule has 2 aromatic rings. The first kappa shape index (κ1) is 21.7. The van der Waals surface area contributed by atoms with Crippen LogP contribution in [0.5, 0.6) is 0 Å². The number of rotatable bonds is 4. The zero-order valence-corrected chi connectivity index (χ0v) is 20.0. The molecule has 1 saturated heterocycles. The van der Waals surface area contributed by atoms with Crippen molar-refractivity contribution in [3.63, 3.8) is 0 Å². The fourth-order valence-electron chi connectivity index (χ4n) is 4.27. The van der Waals surface area contributed by atoms with Crippen molar-refractivity contribution < 1.29 is 16.8 Å². The average molecular weight is 514 g/mol. The third-order valence-electron chi connectivity index (χ3n) is 6.01. The summed E-state index contributed by atoms with van der Waals surface area (Å²) < 4.78 is 56.7. The molecule has 0 radical (unpaired) electrons. The highest BCUT2D eigenvalue weighted by Gasteiger charge is 2.54. The number of fused-ring (bicyclic) bond motifs is 1. The highest BCUT2D eigenvalue weighted by Crippen LogP contribution is 2.41. The Morgan fingerprint density at radius 3 is 2.53 bits per heavy atom. The van der Waals surface area contributed by atoms with Gasteiger partial charge in [-0.1, -0.05) is 28.4 Å². The molecule has 10 heteroatoms. The summed E-state index contributed by atoms with van der Waals surface area (Å²) in [6.07, 6.45) is 10.2. The van der Waals surface area contributed by atoms with Gasteiger partial charge in [-0.25, -0.2) is 25.1 Å². The van der Waals surface area contributed by atoms with E-state index in [0.29, 0.717) is 28.7 Å². The molecule has 4 rings (SSSR count). The van der Waals surface area contributed by atoms with Gasteiger partial charge >= 0.3 is 0 Å². The van der Waals surface area contributed by atoms with Gasteiger partial charge in [-0.15, -0.1) is 0 Å². The summed E-state index contributed by atoms with van der Waals surface area (Å²) in [5, 5.41) is -0.527. The van der Waals surface area contributed by atoms with Crippen LogP contribution in [-0.4, -0.2) is 53.2 Å². The lowest BCUT2D eigenvalue weighted by Crippen LogP contribution is -2.56. The van der Waals surface area contributed by atoms with Crippen molar-refractivity contribution in [1.82, 2.24) is 13.3 Å². The standard InChI is InChI=1S/C20H24BrN3O4S2/c1-15-13-20(2,30(27,28)24-11-7-16-6-8-22-14-18(16)24)19(12-17(15)21)29(25,26)23-9-4-3-5-10-23/h6-8,11-14,19H,3-5,9-10H2,1-2H3. The first-order valence-electron chi connectivity index (χ1n) is 9.81. The minimum absolute atomic E-state index is 0.416. The Labute approximate surface area is 185 Å². The third-order valence-corrected chi connectivity index (χ3v) is 11.7. The zero-order valence-electron chi connectivity index (χ0n) is 16.8. The van der Waals surface area contributed by atoms with Gasteiger partial charge in [0.2, 0.25) is 20.0 Å². The largest absolute Gasteiger partial charge is 0.262 e. The van der Waals surface area contributed by atoms with E-state index < -0.39 is 30.0 Å². The van der Waals surface area contributed by atoms with Gasteiger partial charge in [0, 0.05) is 35.4 Å². The van der Waals surface area contributed by atoms with Gasteiger partial charge in [-0.3, -0.25) is 4.98 Å². The van der Waals surface area contributed by atoms with Crippen LogP contribution in [0.2, 0.25) is 0 Å². The Hall–Kier alpha value is -1.49. The average Bonchev–Trinajstić information content (AvgIpc) is 3.16. The molecule has 0 saturated carbocycles. The topological polar surface area (TPSA) is 89.3 Å². The molecule has 0 N–H and O–H groups in total. The van der Waals surface area contributed by atoms with Crippen molar-refractivity contribution in [3.05, 3.63) is 52.9 Å². The molecule has 0 aromatic carbocycles. The first-order chi connectivity index (χ1) is 14.1. The summed E-state index contributed by atoms with van der Waals surface area (Å²) in [7, 11) is -8.05. The lowest BCUT2D eigenvalue weighted by Gasteiger charge is -2.39. The smallest absolute Gasteiger partial charge is 0.249 e. The first-order valence-corrected chi connectivity index (χ1v) is 13.5. The molecule has 3 heterocycles. The van der Waals surface area contributed by atoms with E-state index >= 15 is 0 Å². The maximum Gasteiger partial charge on any atom is 0.249 e. The fourth-order valence-corrected chi connectivity index (χ4v) is 9.35. The Bertz CT molecular complexity index is 1260. The maximum absolute atomic E-state index is 13.9. The van der Waals surface area contributed by atoms with E-state index in [1.807, 2.05) is 0 Å². The second-order valence-electron chi connectivity index (χ2n) is 8.00. The molecule has 2 aromatic heterocycles. The van der Waals surface area contributed by atoms with Gasteiger partial charge in [0.1, 0.15) is 10.00 Å². The van der Waals surface area contributed by atoms with Gasteiger partial charge in [-0.05, 0) is 50.5 Å². The molecule has 30 heavy (non-hydrogen) atoms. The lowest BCUT2D eigenvalue weighted by molar-refractivity contribution is 0.342. The van der Waals surface area contributed by atoms with E-state index in [-0.39, 0.29) is 0 Å². The maximum atomic E-state index is 13.9. The van der Waals surface area contributed by atoms with Crippen molar-refractivity contribution in [2.75, 3.05) is 13.1 Å². The van der Waals surface area contributed by atoms with Crippen LogP contribution in [0.1, 0.15) is 33.1 Å². The molecule has 0 amide bonds. The van der Waals surface area contributed by atoms with Gasteiger partial charge in [0.05, 0.1) is 11.7 Å². The van der Waals surface area contributed by atoms with Crippen molar-refractivity contribution >= 4 is 46.9 Å². The number of piperidine rings is 1. The van der Waals surface area contributed by atoms with Crippen molar-refractivity contribution in [2.24, 2.45) is 0 Å². The Morgan fingerprint density at radius 2 is 1.83 bits per heavy atom. The van der Waals surface area contributed by atoms with Crippen LogP contribution < -0.4 is 0 Å². The van der Waals surface area contributed by atoms with Crippen molar-refractivity contribution in [2.45, 2.75) is 43.1 Å². The summed E-state index contributed by atoms with van der Waals surface area (Å²) in [6.45, 7) is 4.10. The quantitative estimate of drug-likeness (QED) is 0.624. The number of nitrogens with zero attached hydrogens (tertiary/aromatic N) is 3. The molecule has 1 aliphatic carbocycles. The Morgan fingerprint density at radius 1 is 1.13 bits per heavy atom. The van der Waals surface area contributed by atoms with Crippen LogP contribution >= 0.6 is 15.9 Å². The fraction of sp³-hybridized carbons (Fsp3) is 0.450. The minimum atomic E-state index is -4.14. The van der Waals surface area contributed by atoms with Crippen molar-refractivity contribution in [3.8, 4) is 0 Å². The SMILES string of the molecule is CC1=CC(C)(S(=O)(=O)n2ccc3ccncc32)C(S(=O)(=O)N2CCCCC2)C=C1Br. The summed E-state index contributed by atoms with van der Waals surface area (Å²) in [4.78, 5) is 4.05. The van der Waals surface area contributed by atoms with Gasteiger partial charge < -0.3 is 0 Å². The van der Waals surface area contributed by atoms with Crippen LogP contribution in [0.3, 0.4) is 0 Å². The van der Waals surface area contributed by atoms with E-state index in [1.165, 1.54) is 29.7 Å². The number of halogens is 1. The van der Waals surface area contributed by atoms with E-state index in [1.54, 1.807) is 31.3 Å². The minimum Gasteiger partial charge on any atom is -0.262 e. The highest BCUT2D eigenvalue weighted by atomic mass is 79.9. The molecular weight excluding hydrogens is 490 g/mol. The van der Waals surface area contributed by atoms with Crippen LogP contribution in [0.4, 0.5) is 0 Å². The number of aromatic nitrogens is 2. The highest BCUT2D eigenvalue weighted by molar-refractivity contribution is 9.12. The number of hydrogen-bond donors (Lipinski definition) is 0. The molecule has 2 atom stereocenters. The molecule has 7 nitrogen and oxygen atoms in total. The molecule has 0 bridgehead atoms. The van der Waals surface area contributed by atoms with E-state index in [2.05, 4.69) is 20.9 Å². The normalized spacial score (nSPS) is 26.4. The Balaban J connectivity index is 1.90. The molecule has 1 aliphatic heterocycles. The number of allylic oxidation sites excluding steroid dienone is 2. The molecule has 2 unspecified atom stereocenters. The Kier molecular flexibility index (Phi) is 5.49. The summed E-state index contributed by atoms with van der Waals surface area (Å²) in [5.74, 6) is 0. The third kappa shape index (κ3) is 3.28. The molecule has 2 aliphatic rings. The predicted octanol–water partition coefficient (Wildman–Crippen LogP) is 3.40. The molecule has 1 fully saturated rings. The van der Waals surface area contributed by atoms with Gasteiger partial charge in [0.15, 0.2) is 0 Å². The van der Waals surface area contributed by atoms with E-state index in [4.69, 9.17) is 0 Å². The van der Waals surface area contributed by atoms with Crippen LogP contribution in [0, 0.1) is 0 Å². The van der Waals surface area contributed by atoms with Crippen LogP contribution in [0.15, 0.2) is 52.9 Å². The second kappa shape index (κ2) is 7.58.